The zero-order chi connectivity index (χ0) is 45.1. The predicted octanol–water partition coefficient (Wildman–Crippen LogP) is 13.5. The van der Waals surface area contributed by atoms with Crippen LogP contribution in [-0.4, -0.2) is 35.1 Å². The molecule has 0 saturated heterocycles. The summed E-state index contributed by atoms with van der Waals surface area (Å²) < 4.78 is 26.8. The average molecular weight is 843 g/mol. The van der Waals surface area contributed by atoms with Crippen LogP contribution >= 0.6 is 0 Å². The number of para-hydroxylation sites is 1. The van der Waals surface area contributed by atoms with Gasteiger partial charge in [0.1, 0.15) is 28.7 Å². The van der Waals surface area contributed by atoms with Crippen LogP contribution in [0, 0.1) is 0 Å². The van der Waals surface area contributed by atoms with E-state index in [0.717, 1.165) is 81.0 Å². The van der Waals surface area contributed by atoms with Crippen molar-refractivity contribution in [2.45, 2.75) is 144 Å². The van der Waals surface area contributed by atoms with Crippen LogP contribution in [0.25, 0.3) is 0 Å². The number of benzene rings is 5. The largest absolute Gasteiger partial charge is 0.507 e. The van der Waals surface area contributed by atoms with Crippen LogP contribution in [0.5, 0.6) is 46.0 Å². The molecule has 6 rings (SSSR count). The predicted molar refractivity (Wildman–Crippen MR) is 252 cm³/mol. The third-order valence-electron chi connectivity index (χ3n) is 11.6. The van der Waals surface area contributed by atoms with Crippen molar-refractivity contribution in [3.63, 3.8) is 0 Å². The molecule has 0 unspecified atom stereocenters. The number of fused-ring (bicyclic) bond motifs is 8. The summed E-state index contributed by atoms with van der Waals surface area (Å²) in [4.78, 5) is 0. The fraction of sp³-hybridized carbons (Fsp3) is 0.455. The first-order chi connectivity index (χ1) is 29.2. The molecule has 0 fully saturated rings. The third kappa shape index (κ3) is 10.5. The molecule has 0 heterocycles. The lowest BCUT2D eigenvalue weighted by Crippen LogP contribution is -2.17. The van der Waals surface area contributed by atoms with Crippen LogP contribution in [0.1, 0.15) is 164 Å². The number of hydrogen-bond acceptors (Lipinski definition) is 7. The Kier molecular flexibility index (Phi) is 13.9. The van der Waals surface area contributed by atoms with Gasteiger partial charge < -0.3 is 34.3 Å². The van der Waals surface area contributed by atoms with E-state index in [1.54, 1.807) is 12.1 Å². The Hall–Kier alpha value is -5.30. The molecule has 8 bridgehead atoms. The van der Waals surface area contributed by atoms with Gasteiger partial charge in [0, 0.05) is 36.8 Å². The molecule has 5 aromatic rings. The van der Waals surface area contributed by atoms with Gasteiger partial charge in [0.15, 0.2) is 11.5 Å². The molecule has 0 amide bonds. The highest BCUT2D eigenvalue weighted by Crippen LogP contribution is 2.45. The number of rotatable bonds is 11. The highest BCUT2D eigenvalue weighted by Gasteiger charge is 2.28. The van der Waals surface area contributed by atoms with Crippen LogP contribution in [0.15, 0.2) is 66.7 Å². The Labute approximate surface area is 371 Å². The fourth-order valence-corrected chi connectivity index (χ4v) is 8.12. The van der Waals surface area contributed by atoms with E-state index in [2.05, 4.69) is 119 Å². The fourth-order valence-electron chi connectivity index (χ4n) is 8.12. The minimum absolute atomic E-state index is 0.111. The second-order valence-electron chi connectivity index (χ2n) is 20.2. The van der Waals surface area contributed by atoms with E-state index >= 15 is 0 Å². The van der Waals surface area contributed by atoms with E-state index in [-0.39, 0.29) is 39.2 Å². The molecule has 332 valence electrons. The summed E-state index contributed by atoms with van der Waals surface area (Å²) in [6, 6.07) is 22.1. The summed E-state index contributed by atoms with van der Waals surface area (Å²) in [6.07, 6.45) is 4.38. The second kappa shape index (κ2) is 18.6. The quantitative estimate of drug-likeness (QED) is 0.112. The molecule has 0 spiro atoms. The number of phenolic OH excluding ortho intramolecular Hbond substituents is 3. The molecule has 0 atom stereocenters. The van der Waals surface area contributed by atoms with Crippen molar-refractivity contribution in [2.75, 3.05) is 19.8 Å². The lowest BCUT2D eigenvalue weighted by molar-refractivity contribution is 0.306. The van der Waals surface area contributed by atoms with Gasteiger partial charge in [0.05, 0.1) is 19.8 Å². The van der Waals surface area contributed by atoms with E-state index in [1.165, 1.54) is 11.6 Å². The van der Waals surface area contributed by atoms with Crippen molar-refractivity contribution in [2.24, 2.45) is 0 Å². The van der Waals surface area contributed by atoms with Crippen LogP contribution in [-0.2, 0) is 41.9 Å². The van der Waals surface area contributed by atoms with E-state index in [4.69, 9.17) is 18.9 Å². The maximum atomic E-state index is 12.5. The Balaban J connectivity index is 1.75. The van der Waals surface area contributed by atoms with Gasteiger partial charge in [-0.25, -0.2) is 0 Å². The van der Waals surface area contributed by atoms with Crippen LogP contribution < -0.4 is 18.9 Å². The highest BCUT2D eigenvalue weighted by molar-refractivity contribution is 5.60. The van der Waals surface area contributed by atoms with Gasteiger partial charge in [-0.05, 0) is 110 Å². The Morgan fingerprint density at radius 3 is 1.06 bits per heavy atom. The van der Waals surface area contributed by atoms with Crippen molar-refractivity contribution in [1.82, 2.24) is 0 Å². The molecule has 1 aliphatic carbocycles. The summed E-state index contributed by atoms with van der Waals surface area (Å²) in [7, 11) is 0. The first-order valence-corrected chi connectivity index (χ1v) is 22.6. The normalized spacial score (nSPS) is 13.2. The second-order valence-corrected chi connectivity index (χ2v) is 20.2. The lowest BCUT2D eigenvalue weighted by atomic mass is 9.80. The SMILES string of the molecule is CCCOc1c2cc(C(C)(C)C)cc1Cc1cc(C(C)(C)C)cc(c1OCCC)Cc1cc(C(C)(C)C)cc(c1OCCC)Cc1cc(Oc3cccc(O)c3O)cc(c1O)C2. The van der Waals surface area contributed by atoms with Crippen LogP contribution in [0.4, 0.5) is 0 Å². The first-order valence-electron chi connectivity index (χ1n) is 22.6. The van der Waals surface area contributed by atoms with E-state index in [0.29, 0.717) is 62.4 Å². The molecule has 3 N–H and O–H groups in total. The van der Waals surface area contributed by atoms with Crippen molar-refractivity contribution >= 4 is 0 Å². The molecule has 7 heteroatoms. The van der Waals surface area contributed by atoms with Gasteiger partial charge in [-0.3, -0.25) is 0 Å². The smallest absolute Gasteiger partial charge is 0.201 e. The van der Waals surface area contributed by atoms with Crippen molar-refractivity contribution in [3.8, 4) is 46.0 Å². The minimum atomic E-state index is -0.353. The first kappa shape index (κ1) is 46.2. The lowest BCUT2D eigenvalue weighted by Gasteiger charge is -2.28. The van der Waals surface area contributed by atoms with Gasteiger partial charge in [-0.1, -0.05) is 126 Å². The molecule has 0 aromatic heterocycles. The van der Waals surface area contributed by atoms with Gasteiger partial charge >= 0.3 is 0 Å². The minimum Gasteiger partial charge on any atom is -0.507 e. The average Bonchev–Trinajstić information content (AvgIpc) is 3.18. The Morgan fingerprint density at radius 1 is 0.435 bits per heavy atom. The van der Waals surface area contributed by atoms with E-state index in [9.17, 15) is 15.3 Å². The van der Waals surface area contributed by atoms with E-state index in [1.807, 2.05) is 12.1 Å². The van der Waals surface area contributed by atoms with Gasteiger partial charge in [0.2, 0.25) is 5.75 Å². The van der Waals surface area contributed by atoms with Crippen LogP contribution in [0.3, 0.4) is 0 Å². The molecule has 0 aliphatic heterocycles. The topological polar surface area (TPSA) is 97.6 Å². The molecule has 0 radical (unpaired) electrons. The monoisotopic (exact) mass is 843 g/mol. The molecule has 1 aliphatic rings. The molecule has 5 aromatic carbocycles. The van der Waals surface area contributed by atoms with Crippen molar-refractivity contribution in [1.29, 1.82) is 0 Å². The third-order valence-corrected chi connectivity index (χ3v) is 11.6. The maximum Gasteiger partial charge on any atom is 0.201 e. The summed E-state index contributed by atoms with van der Waals surface area (Å²) in [5.41, 5.74) is 10.6. The zero-order valence-corrected chi connectivity index (χ0v) is 39.4. The number of ether oxygens (including phenoxy) is 4. The summed E-state index contributed by atoms with van der Waals surface area (Å²) in [5, 5.41) is 33.7. The summed E-state index contributed by atoms with van der Waals surface area (Å²) >= 11 is 0. The highest BCUT2D eigenvalue weighted by atomic mass is 16.5. The maximum absolute atomic E-state index is 12.5. The zero-order valence-electron chi connectivity index (χ0n) is 39.4. The van der Waals surface area contributed by atoms with Gasteiger partial charge in [0.25, 0.3) is 0 Å². The van der Waals surface area contributed by atoms with Crippen LogP contribution in [0.2, 0.25) is 0 Å². The molecular weight excluding hydrogens is 773 g/mol. The van der Waals surface area contributed by atoms with Crippen molar-refractivity contribution < 1.29 is 34.3 Å². The molecule has 0 saturated carbocycles. The van der Waals surface area contributed by atoms with Crippen molar-refractivity contribution in [3.05, 3.63) is 128 Å². The summed E-state index contributed by atoms with van der Waals surface area (Å²) in [6.45, 7) is 28.2. The number of phenols is 3. The number of hydrogen-bond donors (Lipinski definition) is 3. The standard InChI is InChI=1S/C55H70O7/c1-13-19-59-50-36-22-34-32-45(62-47-18-16-17-46(56)49(47)58)33-35(48(34)57)23-37-27-43(54(7,8)9)29-39(51(37)60-20-14-2)25-41-31-44(55(10,11)12)30-40(52(41)61-21-15-3)24-38(50)28-42(26-36)53(4,5)6/h16-18,26-33,56-58H,13-15,19-25H2,1-12H3. The molecular formula is C55H70O7. The molecule has 62 heavy (non-hydrogen) atoms. The Morgan fingerprint density at radius 2 is 0.758 bits per heavy atom. The Bertz CT molecular complexity index is 2260. The number of aromatic hydroxyl groups is 3. The molecule has 7 nitrogen and oxygen atoms in total. The van der Waals surface area contributed by atoms with Gasteiger partial charge in [-0.2, -0.15) is 0 Å². The summed E-state index contributed by atoms with van der Waals surface area (Å²) in [5.74, 6) is 2.60. The van der Waals surface area contributed by atoms with E-state index < -0.39 is 0 Å². The van der Waals surface area contributed by atoms with Gasteiger partial charge in [-0.15, -0.1) is 0 Å².